The van der Waals surface area contributed by atoms with Crippen LogP contribution in [-0.2, 0) is 4.74 Å². The van der Waals surface area contributed by atoms with Crippen LogP contribution in [0, 0.1) is 50.2 Å². The first-order chi connectivity index (χ1) is 16.3. The van der Waals surface area contributed by atoms with E-state index >= 15 is 0 Å². The molecule has 5 aliphatic carbocycles. The van der Waals surface area contributed by atoms with E-state index < -0.39 is 23.0 Å². The largest absolute Gasteiger partial charge is 0.396 e. The minimum atomic E-state index is -0.624. The standard InChI is InChI=1S/C30H48O5/c1-25(2)13-18-17-7-8-20-26(3)11-10-21(33)27(4,15-31)19(26)9-12-28(20,5)29(17,6)14-22-30(18,16-32)23(34)24(25)35-22/h7,18-24,31-34H,8-16H2,1-6H3/t18-,19?,20?,21-,22+,23-,24-,26-,27+,28+,29+,30-/m0/s1. The van der Waals surface area contributed by atoms with E-state index in [1.807, 2.05) is 0 Å². The van der Waals surface area contributed by atoms with E-state index in [1.54, 1.807) is 0 Å². The first kappa shape index (κ1) is 24.9. The van der Waals surface area contributed by atoms with E-state index in [9.17, 15) is 20.4 Å². The molecule has 1 aliphatic heterocycles. The molecule has 2 bridgehead atoms. The van der Waals surface area contributed by atoms with Gasteiger partial charge in [0.25, 0.3) is 0 Å². The quantitative estimate of drug-likeness (QED) is 0.440. The van der Waals surface area contributed by atoms with Gasteiger partial charge in [0, 0.05) is 5.41 Å². The molecule has 1 heterocycles. The molecule has 2 unspecified atom stereocenters. The van der Waals surface area contributed by atoms with Gasteiger partial charge in [0.2, 0.25) is 0 Å². The van der Waals surface area contributed by atoms with E-state index in [0.29, 0.717) is 11.8 Å². The van der Waals surface area contributed by atoms with Gasteiger partial charge in [0.1, 0.15) is 0 Å². The van der Waals surface area contributed by atoms with Crippen molar-refractivity contribution in [1.82, 2.24) is 0 Å². The average Bonchev–Trinajstić information content (AvgIpc) is 3.05. The molecule has 0 radical (unpaired) electrons. The summed E-state index contributed by atoms with van der Waals surface area (Å²) in [5, 5.41) is 43.7. The Morgan fingerprint density at radius 2 is 1.63 bits per heavy atom. The van der Waals surface area contributed by atoms with Gasteiger partial charge in [-0.15, -0.1) is 0 Å². The molecule has 6 rings (SSSR count). The van der Waals surface area contributed by atoms with Gasteiger partial charge in [-0.2, -0.15) is 0 Å². The highest BCUT2D eigenvalue weighted by Crippen LogP contribution is 2.77. The number of aliphatic hydroxyl groups excluding tert-OH is 4. The molecule has 198 valence electrons. The molecule has 4 N–H and O–H groups in total. The number of allylic oxidation sites excluding steroid dienone is 2. The van der Waals surface area contributed by atoms with Crippen LogP contribution in [0.15, 0.2) is 11.6 Å². The summed E-state index contributed by atoms with van der Waals surface area (Å²) in [6.45, 7) is 14.0. The molecule has 5 nitrogen and oxygen atoms in total. The van der Waals surface area contributed by atoms with Crippen molar-refractivity contribution < 1.29 is 25.2 Å². The molecule has 0 aromatic heterocycles. The maximum absolute atomic E-state index is 11.5. The highest BCUT2D eigenvalue weighted by atomic mass is 16.5. The van der Waals surface area contributed by atoms with Crippen LogP contribution in [0.5, 0.6) is 0 Å². The summed E-state index contributed by atoms with van der Waals surface area (Å²) in [4.78, 5) is 0. The number of hydrogen-bond acceptors (Lipinski definition) is 5. The summed E-state index contributed by atoms with van der Waals surface area (Å²) >= 11 is 0. The van der Waals surface area contributed by atoms with Crippen LogP contribution >= 0.6 is 0 Å². The molecule has 0 aromatic rings. The molecule has 0 amide bonds. The molecule has 1 saturated heterocycles. The van der Waals surface area contributed by atoms with Crippen molar-refractivity contribution in [3.05, 3.63) is 11.6 Å². The number of ether oxygens (including phenoxy) is 1. The molecular formula is C30H48O5. The lowest BCUT2D eigenvalue weighted by molar-refractivity contribution is -0.221. The molecular weight excluding hydrogens is 440 g/mol. The fourth-order valence-corrected chi connectivity index (χ4v) is 11.5. The van der Waals surface area contributed by atoms with E-state index in [-0.39, 0.29) is 53.0 Å². The highest BCUT2D eigenvalue weighted by Gasteiger charge is 2.75. The molecule has 5 fully saturated rings. The van der Waals surface area contributed by atoms with Crippen molar-refractivity contribution in [1.29, 1.82) is 0 Å². The normalized spacial score (nSPS) is 60.3. The summed E-state index contributed by atoms with van der Waals surface area (Å²) in [6.07, 6.45) is 7.78. The zero-order valence-electron chi connectivity index (χ0n) is 22.7. The van der Waals surface area contributed by atoms with Crippen molar-refractivity contribution in [3.63, 3.8) is 0 Å². The summed E-state index contributed by atoms with van der Waals surface area (Å²) in [5.41, 5.74) is 0.390. The Balaban J connectivity index is 1.47. The summed E-state index contributed by atoms with van der Waals surface area (Å²) < 4.78 is 6.71. The Hall–Kier alpha value is -0.460. The summed E-state index contributed by atoms with van der Waals surface area (Å²) in [6, 6.07) is 0. The Labute approximate surface area is 211 Å². The average molecular weight is 489 g/mol. The number of rotatable bonds is 2. The molecule has 6 aliphatic rings. The second-order valence-corrected chi connectivity index (χ2v) is 15.2. The maximum Gasteiger partial charge on any atom is 0.0916 e. The maximum atomic E-state index is 11.5. The monoisotopic (exact) mass is 488 g/mol. The summed E-state index contributed by atoms with van der Waals surface area (Å²) in [7, 11) is 0. The van der Waals surface area contributed by atoms with Gasteiger partial charge in [-0.25, -0.2) is 0 Å². The lowest BCUT2D eigenvalue weighted by Gasteiger charge is -2.71. The Bertz CT molecular complexity index is 945. The van der Waals surface area contributed by atoms with Gasteiger partial charge >= 0.3 is 0 Å². The summed E-state index contributed by atoms with van der Waals surface area (Å²) in [5.74, 6) is 0.915. The van der Waals surface area contributed by atoms with Crippen molar-refractivity contribution in [3.8, 4) is 0 Å². The lowest BCUT2D eigenvalue weighted by atomic mass is 9.33. The van der Waals surface area contributed by atoms with Gasteiger partial charge in [-0.1, -0.05) is 53.2 Å². The Morgan fingerprint density at radius 3 is 2.29 bits per heavy atom. The predicted molar refractivity (Wildman–Crippen MR) is 134 cm³/mol. The SMILES string of the molecule is CC1(C)C[C@H]2C3=CCC4[C@@]5(C)CC[C@H](O)[C@](C)(CO)C5CC[C@@]4(C)[C@]3(C)C[C@H]3O[C@H]1[C@H](O)[C@]32CO. The fraction of sp³-hybridized carbons (Fsp3) is 0.933. The molecule has 12 atom stereocenters. The van der Waals surface area contributed by atoms with Crippen LogP contribution < -0.4 is 0 Å². The van der Waals surface area contributed by atoms with Gasteiger partial charge in [0.15, 0.2) is 0 Å². The Morgan fingerprint density at radius 1 is 0.914 bits per heavy atom. The fourth-order valence-electron chi connectivity index (χ4n) is 11.5. The molecule has 5 heteroatoms. The van der Waals surface area contributed by atoms with Gasteiger partial charge in [-0.3, -0.25) is 0 Å². The third-order valence-corrected chi connectivity index (χ3v) is 13.8. The van der Waals surface area contributed by atoms with E-state index in [1.165, 1.54) is 5.57 Å². The minimum Gasteiger partial charge on any atom is -0.396 e. The van der Waals surface area contributed by atoms with Crippen molar-refractivity contribution in [2.24, 2.45) is 50.2 Å². The predicted octanol–water partition coefficient (Wildman–Crippen LogP) is 4.07. The van der Waals surface area contributed by atoms with Gasteiger partial charge in [-0.05, 0) is 84.4 Å². The minimum absolute atomic E-state index is 0.0177. The van der Waals surface area contributed by atoms with Crippen LogP contribution in [-0.4, -0.2) is 58.1 Å². The molecule has 0 aromatic carbocycles. The van der Waals surface area contributed by atoms with E-state index in [2.05, 4.69) is 47.6 Å². The third kappa shape index (κ3) is 2.59. The zero-order valence-corrected chi connectivity index (χ0v) is 22.7. The van der Waals surface area contributed by atoms with Crippen LogP contribution in [0.2, 0.25) is 0 Å². The lowest BCUT2D eigenvalue weighted by Crippen LogP contribution is -2.68. The number of fused-ring (bicyclic) bond motifs is 7. The smallest absolute Gasteiger partial charge is 0.0916 e. The van der Waals surface area contributed by atoms with Gasteiger partial charge in [0.05, 0.1) is 43.0 Å². The van der Waals surface area contributed by atoms with Crippen LogP contribution in [0.25, 0.3) is 0 Å². The highest BCUT2D eigenvalue weighted by molar-refractivity contribution is 5.37. The first-order valence-electron chi connectivity index (χ1n) is 14.2. The second kappa shape index (κ2) is 7.14. The zero-order chi connectivity index (χ0) is 25.4. The second-order valence-electron chi connectivity index (χ2n) is 15.2. The molecule has 35 heavy (non-hydrogen) atoms. The Kier molecular flexibility index (Phi) is 5.07. The van der Waals surface area contributed by atoms with Crippen molar-refractivity contribution in [2.45, 2.75) is 111 Å². The molecule has 4 saturated carbocycles. The topological polar surface area (TPSA) is 90.2 Å². The van der Waals surface area contributed by atoms with E-state index in [0.717, 1.165) is 44.9 Å². The van der Waals surface area contributed by atoms with Crippen molar-refractivity contribution >= 4 is 0 Å². The van der Waals surface area contributed by atoms with Crippen LogP contribution in [0.1, 0.15) is 86.5 Å². The first-order valence-corrected chi connectivity index (χ1v) is 14.2. The number of aliphatic hydroxyl groups is 4. The molecule has 0 spiro atoms. The van der Waals surface area contributed by atoms with Crippen LogP contribution in [0.4, 0.5) is 0 Å². The van der Waals surface area contributed by atoms with Gasteiger partial charge < -0.3 is 25.2 Å². The third-order valence-electron chi connectivity index (χ3n) is 13.8. The van der Waals surface area contributed by atoms with Crippen LogP contribution in [0.3, 0.4) is 0 Å². The number of hydrogen-bond donors (Lipinski definition) is 4. The van der Waals surface area contributed by atoms with Crippen molar-refractivity contribution in [2.75, 3.05) is 13.2 Å². The van der Waals surface area contributed by atoms with E-state index in [4.69, 9.17) is 4.74 Å².